The van der Waals surface area contributed by atoms with Crippen molar-refractivity contribution in [3.63, 3.8) is 0 Å². The van der Waals surface area contributed by atoms with Gasteiger partial charge in [0.05, 0.1) is 5.56 Å². The van der Waals surface area contributed by atoms with E-state index in [2.05, 4.69) is 15.0 Å². The van der Waals surface area contributed by atoms with Crippen LogP contribution in [0, 0.1) is 6.92 Å². The van der Waals surface area contributed by atoms with Crippen LogP contribution in [0.1, 0.15) is 21.6 Å². The molecule has 1 aromatic carbocycles. The van der Waals surface area contributed by atoms with E-state index in [4.69, 9.17) is 0 Å². The molecule has 0 spiro atoms. The normalized spacial score (nSPS) is 11.1. The fourth-order valence-electron chi connectivity index (χ4n) is 1.91. The Morgan fingerprint density at radius 1 is 1.26 bits per heavy atom. The van der Waals surface area contributed by atoms with Crippen molar-refractivity contribution in [2.75, 3.05) is 6.61 Å². The molecule has 2 aromatic rings. The number of pyridine rings is 1. The molecule has 0 saturated carbocycles. The van der Waals surface area contributed by atoms with Gasteiger partial charge in [0.1, 0.15) is 5.75 Å². The van der Waals surface area contributed by atoms with Crippen molar-refractivity contribution in [2.45, 2.75) is 19.6 Å². The molecule has 1 aromatic heterocycles. The predicted molar refractivity (Wildman–Crippen MR) is 78.1 cm³/mol. The van der Waals surface area contributed by atoms with Crippen LogP contribution in [-0.2, 0) is 6.54 Å². The summed E-state index contributed by atoms with van der Waals surface area (Å²) in [4.78, 5) is 16.1. The fourth-order valence-corrected chi connectivity index (χ4v) is 1.91. The Hall–Kier alpha value is -2.57. The van der Waals surface area contributed by atoms with Crippen LogP contribution in [0.15, 0.2) is 42.6 Å². The lowest BCUT2D eigenvalue weighted by molar-refractivity contribution is -0.153. The lowest BCUT2D eigenvalue weighted by Gasteiger charge is -2.11. The minimum Gasteiger partial charge on any atom is -0.484 e. The monoisotopic (exact) mass is 324 g/mol. The zero-order chi connectivity index (χ0) is 16.9. The average molecular weight is 324 g/mol. The summed E-state index contributed by atoms with van der Waals surface area (Å²) in [5.74, 6) is -0.191. The zero-order valence-electron chi connectivity index (χ0n) is 12.4. The molecule has 1 N–H and O–H groups in total. The van der Waals surface area contributed by atoms with Crippen LogP contribution in [-0.4, -0.2) is 23.7 Å². The number of hydrogen-bond donors (Lipinski definition) is 1. The number of aromatic nitrogens is 1. The van der Waals surface area contributed by atoms with E-state index in [9.17, 15) is 18.0 Å². The van der Waals surface area contributed by atoms with Gasteiger partial charge < -0.3 is 10.1 Å². The van der Waals surface area contributed by atoms with Gasteiger partial charge in [0.25, 0.3) is 5.91 Å². The van der Waals surface area contributed by atoms with E-state index in [1.807, 2.05) is 0 Å². The maximum absolute atomic E-state index is 12.1. The lowest BCUT2D eigenvalue weighted by atomic mass is 10.1. The van der Waals surface area contributed by atoms with Gasteiger partial charge >= 0.3 is 6.18 Å². The number of halogens is 3. The molecule has 23 heavy (non-hydrogen) atoms. The third-order valence-corrected chi connectivity index (χ3v) is 3.01. The second-order valence-corrected chi connectivity index (χ2v) is 4.87. The molecule has 1 heterocycles. The minimum absolute atomic E-state index is 0.103. The standard InChI is InChI=1S/C16H15F3N2O2/c1-11-14(6-3-7-20-11)15(22)21-9-12-4-2-5-13(8-12)23-10-16(17,18)19/h2-8H,9-10H2,1H3,(H,21,22). The first kappa shape index (κ1) is 16.8. The van der Waals surface area contributed by atoms with E-state index < -0.39 is 12.8 Å². The Labute approximate surface area is 131 Å². The largest absolute Gasteiger partial charge is 0.484 e. The number of carbonyl (C=O) groups excluding carboxylic acids is 1. The number of rotatable bonds is 5. The first-order valence-electron chi connectivity index (χ1n) is 6.83. The van der Waals surface area contributed by atoms with Crippen LogP contribution in [0.3, 0.4) is 0 Å². The van der Waals surface area contributed by atoms with Crippen molar-refractivity contribution in [3.8, 4) is 5.75 Å². The van der Waals surface area contributed by atoms with Gasteiger partial charge in [-0.3, -0.25) is 9.78 Å². The molecular weight excluding hydrogens is 309 g/mol. The topological polar surface area (TPSA) is 51.2 Å². The molecule has 0 aliphatic carbocycles. The Balaban J connectivity index is 1.96. The van der Waals surface area contributed by atoms with Gasteiger partial charge in [-0.25, -0.2) is 0 Å². The molecule has 0 atom stereocenters. The average Bonchev–Trinajstić information content (AvgIpc) is 2.51. The molecule has 0 saturated heterocycles. The quantitative estimate of drug-likeness (QED) is 0.918. The number of benzene rings is 1. The Morgan fingerprint density at radius 2 is 2.04 bits per heavy atom. The van der Waals surface area contributed by atoms with Crippen molar-refractivity contribution in [1.82, 2.24) is 10.3 Å². The molecule has 0 bridgehead atoms. The summed E-state index contributed by atoms with van der Waals surface area (Å²) in [5, 5.41) is 2.70. The highest BCUT2D eigenvalue weighted by Crippen LogP contribution is 2.19. The molecule has 122 valence electrons. The van der Waals surface area contributed by atoms with E-state index in [0.29, 0.717) is 16.8 Å². The summed E-state index contributed by atoms with van der Waals surface area (Å²) < 4.78 is 41.1. The van der Waals surface area contributed by atoms with Crippen LogP contribution >= 0.6 is 0 Å². The van der Waals surface area contributed by atoms with Crippen molar-refractivity contribution >= 4 is 5.91 Å². The Kier molecular flexibility index (Phi) is 5.20. The van der Waals surface area contributed by atoms with Gasteiger partial charge in [-0.05, 0) is 36.8 Å². The molecule has 0 radical (unpaired) electrons. The maximum atomic E-state index is 12.1. The fraction of sp³-hybridized carbons (Fsp3) is 0.250. The Morgan fingerprint density at radius 3 is 2.74 bits per heavy atom. The molecule has 0 aliphatic rings. The summed E-state index contributed by atoms with van der Waals surface area (Å²) >= 11 is 0. The highest BCUT2D eigenvalue weighted by Gasteiger charge is 2.28. The van der Waals surface area contributed by atoms with Crippen molar-refractivity contribution < 1.29 is 22.7 Å². The number of alkyl halides is 3. The second-order valence-electron chi connectivity index (χ2n) is 4.87. The number of hydrogen-bond acceptors (Lipinski definition) is 3. The van der Waals surface area contributed by atoms with E-state index >= 15 is 0 Å². The van der Waals surface area contributed by atoms with Crippen molar-refractivity contribution in [2.24, 2.45) is 0 Å². The van der Waals surface area contributed by atoms with Crippen LogP contribution in [0.4, 0.5) is 13.2 Å². The summed E-state index contributed by atoms with van der Waals surface area (Å²) in [6.07, 6.45) is -2.80. The van der Waals surface area contributed by atoms with Crippen LogP contribution in [0.5, 0.6) is 5.75 Å². The first-order chi connectivity index (χ1) is 10.8. The lowest BCUT2D eigenvalue weighted by Crippen LogP contribution is -2.24. The highest BCUT2D eigenvalue weighted by atomic mass is 19.4. The number of aryl methyl sites for hydroxylation is 1. The van der Waals surface area contributed by atoms with Gasteiger partial charge in [-0.15, -0.1) is 0 Å². The molecule has 4 nitrogen and oxygen atoms in total. The highest BCUT2D eigenvalue weighted by molar-refractivity contribution is 5.95. The number of carbonyl (C=O) groups is 1. The molecule has 2 rings (SSSR count). The molecule has 0 unspecified atom stereocenters. The summed E-state index contributed by atoms with van der Waals surface area (Å²) in [6, 6.07) is 9.47. The zero-order valence-corrected chi connectivity index (χ0v) is 12.4. The third kappa shape index (κ3) is 5.28. The summed E-state index contributed by atoms with van der Waals surface area (Å²) in [5.41, 5.74) is 1.70. The number of nitrogens with one attached hydrogen (secondary N) is 1. The smallest absolute Gasteiger partial charge is 0.422 e. The minimum atomic E-state index is -4.39. The maximum Gasteiger partial charge on any atom is 0.422 e. The van der Waals surface area contributed by atoms with Gasteiger partial charge in [-0.2, -0.15) is 13.2 Å². The molecule has 0 fully saturated rings. The van der Waals surface area contributed by atoms with E-state index in [1.54, 1.807) is 37.4 Å². The summed E-state index contributed by atoms with van der Waals surface area (Å²) in [7, 11) is 0. The first-order valence-corrected chi connectivity index (χ1v) is 6.83. The summed E-state index contributed by atoms with van der Waals surface area (Å²) in [6.45, 7) is 0.550. The number of ether oxygens (including phenoxy) is 1. The van der Waals surface area contributed by atoms with Gasteiger partial charge in [0.15, 0.2) is 6.61 Å². The van der Waals surface area contributed by atoms with Gasteiger partial charge in [-0.1, -0.05) is 12.1 Å². The van der Waals surface area contributed by atoms with Gasteiger partial charge in [0, 0.05) is 18.4 Å². The third-order valence-electron chi connectivity index (χ3n) is 3.01. The Bertz CT molecular complexity index is 687. The SMILES string of the molecule is Cc1ncccc1C(=O)NCc1cccc(OCC(F)(F)F)c1. The number of amides is 1. The molecule has 7 heteroatoms. The van der Waals surface area contributed by atoms with E-state index in [0.717, 1.165) is 0 Å². The van der Waals surface area contributed by atoms with E-state index in [-0.39, 0.29) is 18.2 Å². The second kappa shape index (κ2) is 7.13. The molecule has 0 aliphatic heterocycles. The van der Waals surface area contributed by atoms with Crippen LogP contribution in [0.25, 0.3) is 0 Å². The molecular formula is C16H15F3N2O2. The van der Waals surface area contributed by atoms with E-state index in [1.165, 1.54) is 12.1 Å². The number of nitrogens with zero attached hydrogens (tertiary/aromatic N) is 1. The predicted octanol–water partition coefficient (Wildman–Crippen LogP) is 3.26. The van der Waals surface area contributed by atoms with Crippen molar-refractivity contribution in [3.05, 3.63) is 59.4 Å². The van der Waals surface area contributed by atoms with Crippen LogP contribution in [0.2, 0.25) is 0 Å². The molecule has 1 amide bonds. The van der Waals surface area contributed by atoms with Crippen molar-refractivity contribution in [1.29, 1.82) is 0 Å². The van der Waals surface area contributed by atoms with Gasteiger partial charge in [0.2, 0.25) is 0 Å². The van der Waals surface area contributed by atoms with Crippen LogP contribution < -0.4 is 10.1 Å².